The molecule has 1 aliphatic carbocycles. The van der Waals surface area contributed by atoms with Crippen molar-refractivity contribution in [2.75, 3.05) is 11.1 Å². The number of urea groups is 1. The van der Waals surface area contributed by atoms with E-state index in [-0.39, 0.29) is 6.03 Å². The van der Waals surface area contributed by atoms with E-state index < -0.39 is 0 Å². The largest absolute Gasteiger partial charge is 0.394 e. The van der Waals surface area contributed by atoms with Crippen LogP contribution < -0.4 is 16.4 Å². The average molecular weight is 223 g/mol. The molecule has 0 saturated heterocycles. The summed E-state index contributed by atoms with van der Waals surface area (Å²) >= 11 is 0. The number of amides is 2. The van der Waals surface area contributed by atoms with E-state index in [0.29, 0.717) is 17.5 Å². The van der Waals surface area contributed by atoms with Gasteiger partial charge in [-0.25, -0.2) is 4.79 Å². The third-order valence-electron chi connectivity index (χ3n) is 2.89. The Morgan fingerprint density at radius 1 is 1.56 bits per heavy atom. The number of carbonyl (C=O) groups excluding carboxylic acids is 1. The van der Waals surface area contributed by atoms with Crippen LogP contribution in [0.15, 0.2) is 6.20 Å². The summed E-state index contributed by atoms with van der Waals surface area (Å²) in [5.74, 6) is 0.537. The molecule has 0 atom stereocenters. The van der Waals surface area contributed by atoms with Crippen LogP contribution in [-0.2, 0) is 7.05 Å². The number of hydrogen-bond acceptors (Lipinski definition) is 3. The van der Waals surface area contributed by atoms with Gasteiger partial charge in [0.05, 0.1) is 11.9 Å². The van der Waals surface area contributed by atoms with Crippen molar-refractivity contribution in [3.05, 3.63) is 6.20 Å². The molecule has 0 spiro atoms. The molecule has 1 aromatic heterocycles. The van der Waals surface area contributed by atoms with Crippen molar-refractivity contribution in [2.45, 2.75) is 31.7 Å². The lowest BCUT2D eigenvalue weighted by molar-refractivity contribution is 0.248. The number of aryl methyl sites for hydroxylation is 1. The highest BCUT2D eigenvalue weighted by atomic mass is 16.2. The van der Waals surface area contributed by atoms with Gasteiger partial charge < -0.3 is 11.1 Å². The van der Waals surface area contributed by atoms with Gasteiger partial charge in [0.25, 0.3) is 0 Å². The van der Waals surface area contributed by atoms with Crippen molar-refractivity contribution >= 4 is 17.5 Å². The van der Waals surface area contributed by atoms with Crippen molar-refractivity contribution in [1.82, 2.24) is 15.1 Å². The van der Waals surface area contributed by atoms with Crippen molar-refractivity contribution in [2.24, 2.45) is 7.05 Å². The highest BCUT2D eigenvalue weighted by molar-refractivity contribution is 5.91. The molecule has 0 aliphatic heterocycles. The maximum atomic E-state index is 11.7. The van der Waals surface area contributed by atoms with Gasteiger partial charge in [0, 0.05) is 13.1 Å². The topological polar surface area (TPSA) is 85.0 Å². The summed E-state index contributed by atoms with van der Waals surface area (Å²) < 4.78 is 1.55. The minimum Gasteiger partial charge on any atom is -0.394 e. The van der Waals surface area contributed by atoms with Crippen LogP contribution >= 0.6 is 0 Å². The molecule has 6 heteroatoms. The second kappa shape index (κ2) is 4.42. The standard InChI is InChI=1S/C10H17N5O/c1-15-9(8(11)6-12-15)14-10(16)13-7-4-2-3-5-7/h6-7H,2-5,11H2,1H3,(H2,13,14,16). The first-order chi connectivity index (χ1) is 7.66. The molecule has 16 heavy (non-hydrogen) atoms. The summed E-state index contributed by atoms with van der Waals surface area (Å²) in [6.45, 7) is 0. The molecule has 1 aromatic rings. The van der Waals surface area contributed by atoms with Gasteiger partial charge in [0.15, 0.2) is 5.82 Å². The predicted molar refractivity (Wildman–Crippen MR) is 62.0 cm³/mol. The van der Waals surface area contributed by atoms with E-state index in [0.717, 1.165) is 12.8 Å². The third kappa shape index (κ3) is 2.26. The summed E-state index contributed by atoms with van der Waals surface area (Å²) in [7, 11) is 1.74. The highest BCUT2D eigenvalue weighted by Crippen LogP contribution is 2.19. The first-order valence-corrected chi connectivity index (χ1v) is 5.52. The van der Waals surface area contributed by atoms with Gasteiger partial charge in [-0.15, -0.1) is 0 Å². The van der Waals surface area contributed by atoms with Crippen LogP contribution in [-0.4, -0.2) is 21.9 Å². The van der Waals surface area contributed by atoms with Gasteiger partial charge in [-0.3, -0.25) is 10.00 Å². The Balaban J connectivity index is 1.91. The normalized spacial score (nSPS) is 16.3. The van der Waals surface area contributed by atoms with E-state index in [9.17, 15) is 4.79 Å². The fourth-order valence-electron chi connectivity index (χ4n) is 2.01. The van der Waals surface area contributed by atoms with Crippen molar-refractivity contribution in [3.63, 3.8) is 0 Å². The molecule has 0 radical (unpaired) electrons. The van der Waals surface area contributed by atoms with Crippen LogP contribution in [0.2, 0.25) is 0 Å². The Hall–Kier alpha value is -1.72. The molecule has 1 saturated carbocycles. The second-order valence-electron chi connectivity index (χ2n) is 4.15. The third-order valence-corrected chi connectivity index (χ3v) is 2.89. The maximum Gasteiger partial charge on any atom is 0.320 e. The fraction of sp³-hybridized carbons (Fsp3) is 0.600. The number of nitrogens with two attached hydrogens (primary N) is 1. The number of carbonyl (C=O) groups is 1. The quantitative estimate of drug-likeness (QED) is 0.701. The predicted octanol–water partition coefficient (Wildman–Crippen LogP) is 1.07. The average Bonchev–Trinajstić information content (AvgIpc) is 2.83. The molecule has 88 valence electrons. The number of hydrogen-bond donors (Lipinski definition) is 3. The molecule has 0 bridgehead atoms. The van der Waals surface area contributed by atoms with Crippen molar-refractivity contribution < 1.29 is 4.79 Å². The Kier molecular flexibility index (Phi) is 2.98. The van der Waals surface area contributed by atoms with Gasteiger partial charge in [-0.1, -0.05) is 12.8 Å². The van der Waals surface area contributed by atoms with Crippen LogP contribution in [0.3, 0.4) is 0 Å². The van der Waals surface area contributed by atoms with E-state index >= 15 is 0 Å². The molecule has 2 rings (SSSR count). The van der Waals surface area contributed by atoms with Crippen LogP contribution in [0.4, 0.5) is 16.3 Å². The maximum absolute atomic E-state index is 11.7. The summed E-state index contributed by atoms with van der Waals surface area (Å²) in [4.78, 5) is 11.7. The molecule has 1 aliphatic rings. The van der Waals surface area contributed by atoms with E-state index in [2.05, 4.69) is 15.7 Å². The molecule has 1 fully saturated rings. The fourth-order valence-corrected chi connectivity index (χ4v) is 2.01. The zero-order chi connectivity index (χ0) is 11.5. The van der Waals surface area contributed by atoms with Crippen LogP contribution in [0.1, 0.15) is 25.7 Å². The minimum atomic E-state index is -0.206. The molecular weight excluding hydrogens is 206 g/mol. The lowest BCUT2D eigenvalue weighted by atomic mass is 10.2. The Morgan fingerprint density at radius 2 is 2.25 bits per heavy atom. The zero-order valence-electron chi connectivity index (χ0n) is 9.36. The summed E-state index contributed by atoms with van der Waals surface area (Å²) in [5, 5.41) is 9.59. The summed E-state index contributed by atoms with van der Waals surface area (Å²) in [5.41, 5.74) is 6.15. The van der Waals surface area contributed by atoms with Gasteiger partial charge in [-0.05, 0) is 12.8 Å². The molecule has 4 N–H and O–H groups in total. The monoisotopic (exact) mass is 223 g/mol. The highest BCUT2D eigenvalue weighted by Gasteiger charge is 2.18. The number of rotatable bonds is 2. The lowest BCUT2D eigenvalue weighted by Crippen LogP contribution is -2.36. The number of nitrogens with one attached hydrogen (secondary N) is 2. The first-order valence-electron chi connectivity index (χ1n) is 5.52. The molecule has 0 aromatic carbocycles. The molecular formula is C10H17N5O. The smallest absolute Gasteiger partial charge is 0.320 e. The zero-order valence-corrected chi connectivity index (χ0v) is 9.36. The van der Waals surface area contributed by atoms with E-state index in [1.807, 2.05) is 0 Å². The Morgan fingerprint density at radius 3 is 2.81 bits per heavy atom. The minimum absolute atomic E-state index is 0.206. The van der Waals surface area contributed by atoms with Crippen LogP contribution in [0, 0.1) is 0 Å². The summed E-state index contributed by atoms with van der Waals surface area (Å²) in [6.07, 6.45) is 6.03. The first kappa shape index (κ1) is 10.8. The molecule has 0 unspecified atom stereocenters. The Labute approximate surface area is 94.2 Å². The van der Waals surface area contributed by atoms with Gasteiger partial charge >= 0.3 is 6.03 Å². The van der Waals surface area contributed by atoms with Gasteiger partial charge in [-0.2, -0.15) is 5.10 Å². The second-order valence-corrected chi connectivity index (χ2v) is 4.15. The van der Waals surface area contributed by atoms with Crippen molar-refractivity contribution in [3.8, 4) is 0 Å². The molecule has 6 nitrogen and oxygen atoms in total. The SMILES string of the molecule is Cn1ncc(N)c1NC(=O)NC1CCCC1. The Bertz CT molecular complexity index is 361. The van der Waals surface area contributed by atoms with E-state index in [1.165, 1.54) is 19.0 Å². The number of nitrogens with zero attached hydrogens (tertiary/aromatic N) is 2. The lowest BCUT2D eigenvalue weighted by Gasteiger charge is -2.13. The number of nitrogen functional groups attached to an aromatic ring is 1. The van der Waals surface area contributed by atoms with E-state index in [4.69, 9.17) is 5.73 Å². The summed E-state index contributed by atoms with van der Waals surface area (Å²) in [6, 6.07) is 0.0941. The number of anilines is 2. The van der Waals surface area contributed by atoms with E-state index in [1.54, 1.807) is 11.7 Å². The van der Waals surface area contributed by atoms with Gasteiger partial charge in [0.1, 0.15) is 0 Å². The number of aromatic nitrogens is 2. The van der Waals surface area contributed by atoms with Gasteiger partial charge in [0.2, 0.25) is 0 Å². The molecule has 1 heterocycles. The van der Waals surface area contributed by atoms with Crippen LogP contribution in [0.25, 0.3) is 0 Å². The van der Waals surface area contributed by atoms with Crippen LogP contribution in [0.5, 0.6) is 0 Å². The van der Waals surface area contributed by atoms with Crippen molar-refractivity contribution in [1.29, 1.82) is 0 Å². The molecule has 2 amide bonds.